The van der Waals surface area contributed by atoms with Crippen molar-refractivity contribution in [3.8, 4) is 6.07 Å². The molecule has 114 valence electrons. The Balaban J connectivity index is 2.81. The Morgan fingerprint density at radius 3 is 2.71 bits per heavy atom. The monoisotopic (exact) mass is 311 g/mol. The van der Waals surface area contributed by atoms with Crippen molar-refractivity contribution in [2.45, 2.75) is 17.9 Å². The Labute approximate surface area is 124 Å². The zero-order valence-electron chi connectivity index (χ0n) is 11.8. The highest BCUT2D eigenvalue weighted by Crippen LogP contribution is 2.14. The Kier molecular flexibility index (Phi) is 6.30. The molecule has 1 aromatic carbocycles. The van der Waals surface area contributed by atoms with Gasteiger partial charge in [0.25, 0.3) is 0 Å². The standard InChI is InChI=1S/C13H17N3O4S/c1-10(13(17)15-7-8-20-2)16-21(18,19)12-6-4-3-5-11(12)9-14/h3-6,10,16H,7-8H2,1-2H3,(H,15,17). The van der Waals surface area contributed by atoms with Crippen LogP contribution in [0.4, 0.5) is 0 Å². The Morgan fingerprint density at radius 1 is 1.43 bits per heavy atom. The van der Waals surface area contributed by atoms with Gasteiger partial charge in [-0.15, -0.1) is 0 Å². The van der Waals surface area contributed by atoms with Gasteiger partial charge in [-0.25, -0.2) is 8.42 Å². The molecular weight excluding hydrogens is 294 g/mol. The molecule has 1 amide bonds. The quantitative estimate of drug-likeness (QED) is 0.688. The minimum Gasteiger partial charge on any atom is -0.383 e. The fourth-order valence-electron chi connectivity index (χ4n) is 1.57. The van der Waals surface area contributed by atoms with Crippen LogP contribution in [0.5, 0.6) is 0 Å². The number of ether oxygens (including phenoxy) is 1. The minimum atomic E-state index is -3.94. The molecule has 0 saturated heterocycles. The van der Waals surface area contributed by atoms with Gasteiger partial charge in [-0.05, 0) is 19.1 Å². The fraction of sp³-hybridized carbons (Fsp3) is 0.385. The summed E-state index contributed by atoms with van der Waals surface area (Å²) >= 11 is 0. The molecular formula is C13H17N3O4S. The number of nitriles is 1. The molecule has 2 N–H and O–H groups in total. The van der Waals surface area contributed by atoms with Gasteiger partial charge in [0.1, 0.15) is 6.07 Å². The van der Waals surface area contributed by atoms with Crippen molar-refractivity contribution in [1.29, 1.82) is 5.26 Å². The van der Waals surface area contributed by atoms with E-state index in [4.69, 9.17) is 10.00 Å². The third kappa shape index (κ3) is 4.82. The van der Waals surface area contributed by atoms with Gasteiger partial charge in [-0.3, -0.25) is 4.79 Å². The number of methoxy groups -OCH3 is 1. The Morgan fingerprint density at radius 2 is 2.10 bits per heavy atom. The molecule has 0 bridgehead atoms. The maximum atomic E-state index is 12.2. The van der Waals surface area contributed by atoms with E-state index in [2.05, 4.69) is 10.0 Å². The molecule has 0 heterocycles. The molecule has 1 rings (SSSR count). The van der Waals surface area contributed by atoms with Gasteiger partial charge in [0.15, 0.2) is 0 Å². The molecule has 1 atom stereocenters. The van der Waals surface area contributed by atoms with Gasteiger partial charge in [0, 0.05) is 13.7 Å². The van der Waals surface area contributed by atoms with Crippen LogP contribution < -0.4 is 10.0 Å². The van der Waals surface area contributed by atoms with Gasteiger partial charge in [0.05, 0.1) is 23.1 Å². The lowest BCUT2D eigenvalue weighted by molar-refractivity contribution is -0.122. The van der Waals surface area contributed by atoms with Crippen LogP contribution >= 0.6 is 0 Å². The maximum absolute atomic E-state index is 12.2. The highest BCUT2D eigenvalue weighted by molar-refractivity contribution is 7.89. The fourth-order valence-corrected chi connectivity index (χ4v) is 2.93. The highest BCUT2D eigenvalue weighted by Gasteiger charge is 2.23. The first-order chi connectivity index (χ1) is 9.92. The summed E-state index contributed by atoms with van der Waals surface area (Å²) in [5.41, 5.74) is 0.0250. The average Bonchev–Trinajstić information content (AvgIpc) is 2.46. The second kappa shape index (κ2) is 7.73. The van der Waals surface area contributed by atoms with Gasteiger partial charge in [-0.2, -0.15) is 9.98 Å². The maximum Gasteiger partial charge on any atom is 0.242 e. The number of rotatable bonds is 7. The summed E-state index contributed by atoms with van der Waals surface area (Å²) in [6.45, 7) is 2.05. The summed E-state index contributed by atoms with van der Waals surface area (Å²) in [4.78, 5) is 11.6. The largest absolute Gasteiger partial charge is 0.383 e. The molecule has 0 aliphatic rings. The Bertz CT molecular complexity index is 637. The highest BCUT2D eigenvalue weighted by atomic mass is 32.2. The van der Waals surface area contributed by atoms with Gasteiger partial charge in [0.2, 0.25) is 15.9 Å². The van der Waals surface area contributed by atoms with Crippen LogP contribution in [0.15, 0.2) is 29.2 Å². The summed E-state index contributed by atoms with van der Waals surface area (Å²) in [6.07, 6.45) is 0. The van der Waals surface area contributed by atoms with Gasteiger partial charge in [-0.1, -0.05) is 12.1 Å². The van der Waals surface area contributed by atoms with E-state index in [0.717, 1.165) is 0 Å². The molecule has 0 fully saturated rings. The second-order valence-corrected chi connectivity index (χ2v) is 5.92. The van der Waals surface area contributed by atoms with Gasteiger partial charge < -0.3 is 10.1 Å². The summed E-state index contributed by atoms with van der Waals surface area (Å²) in [5, 5.41) is 11.5. The number of nitrogens with zero attached hydrogens (tertiary/aromatic N) is 1. The average molecular weight is 311 g/mol. The lowest BCUT2D eigenvalue weighted by Crippen LogP contribution is -2.45. The molecule has 21 heavy (non-hydrogen) atoms. The minimum absolute atomic E-state index is 0.0250. The molecule has 0 aliphatic heterocycles. The lowest BCUT2D eigenvalue weighted by Gasteiger charge is -2.14. The van der Waals surface area contributed by atoms with Crippen LogP contribution in [-0.2, 0) is 19.6 Å². The SMILES string of the molecule is COCCNC(=O)C(C)NS(=O)(=O)c1ccccc1C#N. The predicted octanol–water partition coefficient (Wildman–Crippen LogP) is -0.0123. The third-order valence-corrected chi connectivity index (χ3v) is 4.23. The van der Waals surface area contributed by atoms with Crippen molar-refractivity contribution in [2.24, 2.45) is 0 Å². The van der Waals surface area contributed by atoms with E-state index in [9.17, 15) is 13.2 Å². The number of carbonyl (C=O) groups excluding carboxylic acids is 1. The molecule has 1 aromatic rings. The number of hydrogen-bond donors (Lipinski definition) is 2. The normalized spacial score (nSPS) is 12.4. The molecule has 0 aromatic heterocycles. The number of benzene rings is 1. The van der Waals surface area contributed by atoms with Crippen LogP contribution in [0.3, 0.4) is 0 Å². The first kappa shape index (κ1) is 17.1. The van der Waals surface area contributed by atoms with E-state index < -0.39 is 22.0 Å². The number of carbonyl (C=O) groups is 1. The smallest absolute Gasteiger partial charge is 0.242 e. The second-order valence-electron chi connectivity index (χ2n) is 4.23. The van der Waals surface area contributed by atoms with Crippen molar-refractivity contribution in [1.82, 2.24) is 10.0 Å². The zero-order valence-corrected chi connectivity index (χ0v) is 12.6. The van der Waals surface area contributed by atoms with Crippen molar-refractivity contribution >= 4 is 15.9 Å². The number of hydrogen-bond acceptors (Lipinski definition) is 5. The summed E-state index contributed by atoms with van der Waals surface area (Å²) < 4.78 is 31.4. The first-order valence-corrected chi connectivity index (χ1v) is 7.69. The van der Waals surface area contributed by atoms with Crippen molar-refractivity contribution in [2.75, 3.05) is 20.3 Å². The molecule has 0 radical (unpaired) electrons. The molecule has 0 spiro atoms. The van der Waals surface area contributed by atoms with Crippen molar-refractivity contribution in [3.63, 3.8) is 0 Å². The van der Waals surface area contributed by atoms with E-state index in [1.165, 1.54) is 32.2 Å². The van der Waals surface area contributed by atoms with Crippen molar-refractivity contribution in [3.05, 3.63) is 29.8 Å². The molecule has 0 aliphatic carbocycles. The summed E-state index contributed by atoms with van der Waals surface area (Å²) in [6, 6.07) is 6.65. The van der Waals surface area contributed by atoms with E-state index in [1.807, 2.05) is 6.07 Å². The van der Waals surface area contributed by atoms with E-state index in [1.54, 1.807) is 6.07 Å². The van der Waals surface area contributed by atoms with Crippen LogP contribution in [0.1, 0.15) is 12.5 Å². The third-order valence-electron chi connectivity index (χ3n) is 2.63. The van der Waals surface area contributed by atoms with E-state index in [-0.39, 0.29) is 17.0 Å². The molecule has 8 heteroatoms. The molecule has 0 saturated carbocycles. The van der Waals surface area contributed by atoms with Gasteiger partial charge >= 0.3 is 0 Å². The predicted molar refractivity (Wildman–Crippen MR) is 75.8 cm³/mol. The van der Waals surface area contributed by atoms with Crippen molar-refractivity contribution < 1.29 is 17.9 Å². The summed E-state index contributed by atoms with van der Waals surface area (Å²) in [7, 11) is -2.45. The number of amides is 1. The number of sulfonamides is 1. The van der Waals surface area contributed by atoms with Crippen LogP contribution in [-0.4, -0.2) is 40.6 Å². The lowest BCUT2D eigenvalue weighted by atomic mass is 10.2. The van der Waals surface area contributed by atoms with Crippen LogP contribution in [0, 0.1) is 11.3 Å². The molecule has 1 unspecified atom stereocenters. The number of nitrogens with one attached hydrogen (secondary N) is 2. The Hall–Kier alpha value is -1.95. The molecule has 7 nitrogen and oxygen atoms in total. The summed E-state index contributed by atoms with van der Waals surface area (Å²) in [5.74, 6) is -0.468. The van der Waals surface area contributed by atoms with Crippen LogP contribution in [0.25, 0.3) is 0 Å². The zero-order chi connectivity index (χ0) is 15.9. The van der Waals surface area contributed by atoms with E-state index in [0.29, 0.717) is 6.61 Å². The van der Waals surface area contributed by atoms with Crippen LogP contribution in [0.2, 0.25) is 0 Å². The first-order valence-electron chi connectivity index (χ1n) is 6.20. The van der Waals surface area contributed by atoms with E-state index >= 15 is 0 Å². The topological polar surface area (TPSA) is 108 Å².